The summed E-state index contributed by atoms with van der Waals surface area (Å²) in [6, 6.07) is 7.07. The van der Waals surface area contributed by atoms with Gasteiger partial charge in [-0.25, -0.2) is 25.3 Å². The third kappa shape index (κ3) is 9.63. The average Bonchev–Trinajstić information content (AvgIpc) is 2.83. The molecule has 19 heteroatoms. The maximum absolute atomic E-state index is 12.1. The van der Waals surface area contributed by atoms with Crippen LogP contribution >= 0.6 is 7.92 Å². The molecule has 0 amide bonds. The van der Waals surface area contributed by atoms with Gasteiger partial charge < -0.3 is 27.9 Å². The molecule has 0 spiro atoms. The molecule has 43 heavy (non-hydrogen) atoms. The zero-order valence-electron chi connectivity index (χ0n) is 25.0. The Balaban J connectivity index is 0.00000588. The molecule has 0 atom stereocenters. The van der Waals surface area contributed by atoms with Crippen molar-refractivity contribution in [1.82, 2.24) is 0 Å². The first-order chi connectivity index (χ1) is 18.3. The van der Waals surface area contributed by atoms with E-state index in [0.29, 0.717) is 16.7 Å². The van der Waals surface area contributed by atoms with Gasteiger partial charge in [0.25, 0.3) is 0 Å². The molecule has 3 aromatic carbocycles. The zero-order chi connectivity index (χ0) is 30.4. The molecule has 0 aromatic heterocycles. The van der Waals surface area contributed by atoms with E-state index < -0.39 is 53.0 Å². The fourth-order valence-electron chi connectivity index (χ4n) is 4.13. The van der Waals surface area contributed by atoms with Crippen LogP contribution in [-0.4, -0.2) is 60.2 Å². The van der Waals surface area contributed by atoms with Crippen molar-refractivity contribution in [3.63, 3.8) is 0 Å². The van der Waals surface area contributed by atoms with Crippen molar-refractivity contribution in [1.29, 1.82) is 0 Å². The van der Waals surface area contributed by atoms with Crippen molar-refractivity contribution in [3.8, 4) is 17.2 Å². The summed E-state index contributed by atoms with van der Waals surface area (Å²) in [5, 5.41) is 0.570. The number of aryl methyl sites for hydroxylation is 3. The van der Waals surface area contributed by atoms with Gasteiger partial charge in [-0.05, 0) is 97.7 Å². The third-order valence-electron chi connectivity index (χ3n) is 5.98. The first kappa shape index (κ1) is 43.2. The maximum Gasteiger partial charge on any atom is 1.00 e. The van der Waals surface area contributed by atoms with Gasteiger partial charge in [0.15, 0.2) is 0 Å². The van der Waals surface area contributed by atoms with Gasteiger partial charge in [0.1, 0.15) is 47.6 Å². The van der Waals surface area contributed by atoms with Gasteiger partial charge >= 0.3 is 88.7 Å². The Bertz CT molecular complexity index is 1620. The Hall–Kier alpha value is 0.220. The number of hydrogen-bond acceptors (Lipinski definition) is 12. The average molecular weight is 701 g/mol. The number of hydrogen-bond donors (Lipinski definition) is 0. The number of benzene rings is 3. The van der Waals surface area contributed by atoms with Crippen molar-refractivity contribution in [3.05, 3.63) is 53.1 Å². The molecular formula is C24H24Na3O12PS3. The monoisotopic (exact) mass is 700 g/mol. The Kier molecular flexibility index (Phi) is 16.4. The van der Waals surface area contributed by atoms with Crippen LogP contribution in [0.3, 0.4) is 0 Å². The van der Waals surface area contributed by atoms with E-state index in [1.54, 1.807) is 20.8 Å². The van der Waals surface area contributed by atoms with Gasteiger partial charge in [0, 0.05) is 0 Å². The fraction of sp³-hybridized carbons (Fsp3) is 0.250. The predicted molar refractivity (Wildman–Crippen MR) is 143 cm³/mol. The van der Waals surface area contributed by atoms with Crippen molar-refractivity contribution in [2.75, 3.05) is 21.3 Å². The van der Waals surface area contributed by atoms with E-state index in [1.165, 1.54) is 39.5 Å². The topological polar surface area (TPSA) is 199 Å². The summed E-state index contributed by atoms with van der Waals surface area (Å²) in [4.78, 5) is -2.14. The van der Waals surface area contributed by atoms with Gasteiger partial charge in [0.05, 0.1) is 36.0 Å². The van der Waals surface area contributed by atoms with Crippen LogP contribution in [0.4, 0.5) is 0 Å². The second-order valence-electron chi connectivity index (χ2n) is 8.57. The van der Waals surface area contributed by atoms with Crippen molar-refractivity contribution in [2.24, 2.45) is 0 Å². The summed E-state index contributed by atoms with van der Waals surface area (Å²) in [5.74, 6) is -0.723. The summed E-state index contributed by atoms with van der Waals surface area (Å²) in [6.07, 6.45) is 0. The second-order valence-corrected chi connectivity index (χ2v) is 14.7. The molecule has 0 unspecified atom stereocenters. The summed E-state index contributed by atoms with van der Waals surface area (Å²) in [6.45, 7) is 4.72. The Labute approximate surface area is 319 Å². The largest absolute Gasteiger partial charge is 1.00 e. The third-order valence-corrected chi connectivity index (χ3v) is 11.4. The van der Waals surface area contributed by atoms with E-state index in [4.69, 9.17) is 14.2 Å². The molecule has 0 saturated heterocycles. The summed E-state index contributed by atoms with van der Waals surface area (Å²) in [5.41, 5.74) is 1.16. The minimum atomic E-state index is -5.08. The minimum absolute atomic E-state index is 0. The fourth-order valence-corrected chi connectivity index (χ4v) is 9.15. The van der Waals surface area contributed by atoms with E-state index in [1.807, 2.05) is 0 Å². The van der Waals surface area contributed by atoms with Gasteiger partial charge in [-0.1, -0.05) is 0 Å². The van der Waals surface area contributed by atoms with Gasteiger partial charge in [-0.15, -0.1) is 0 Å². The summed E-state index contributed by atoms with van der Waals surface area (Å²) in [7, 11) is -13.9. The van der Waals surface area contributed by atoms with E-state index in [-0.39, 0.29) is 122 Å². The van der Waals surface area contributed by atoms with Gasteiger partial charge in [-0.2, -0.15) is 0 Å². The molecule has 0 saturated carbocycles. The molecular weight excluding hydrogens is 676 g/mol. The maximum atomic E-state index is 12.1. The molecule has 218 valence electrons. The van der Waals surface area contributed by atoms with E-state index in [0.717, 1.165) is 18.2 Å². The number of methoxy groups -OCH3 is 3. The first-order valence-corrected chi connectivity index (χ1v) is 16.7. The van der Waals surface area contributed by atoms with Crippen LogP contribution in [0.5, 0.6) is 17.2 Å². The van der Waals surface area contributed by atoms with Crippen LogP contribution < -0.4 is 119 Å². The number of ether oxygens (including phenoxy) is 3. The number of rotatable bonds is 9. The molecule has 0 aliphatic rings. The van der Waals surface area contributed by atoms with Gasteiger partial charge in [0.2, 0.25) is 0 Å². The van der Waals surface area contributed by atoms with Crippen molar-refractivity contribution >= 4 is 54.2 Å². The van der Waals surface area contributed by atoms with E-state index in [2.05, 4.69) is 0 Å². The van der Waals surface area contributed by atoms with Gasteiger partial charge in [-0.3, -0.25) is 0 Å². The molecule has 0 heterocycles. The Morgan fingerprint density at radius 2 is 0.698 bits per heavy atom. The van der Waals surface area contributed by atoms with Crippen LogP contribution in [0, 0.1) is 20.8 Å². The SMILES string of the molecule is COc1cc(C)c(P(c2cc(S(=O)(=O)[O-])c(OC)cc2C)c2cc(S(=O)(=O)[O-])c(OC)cc2C)cc1S(=O)(=O)[O-].[Na+].[Na+].[Na+]. The Morgan fingerprint density at radius 1 is 0.488 bits per heavy atom. The standard InChI is InChI=1S/C24H27O12PS3.3Na/c1-13-7-16(34-4)22(38(25,26)27)10-19(13)37(20-11-23(39(28,29)30)17(35-5)8-14(20)2)21-12-24(40(31,32)33)18(36-6)9-15(21)3;;;/h7-12H,1-6H3,(H,25,26,27)(H,28,29,30)(H,31,32,33);;;/q;3*+1/p-3. The molecule has 0 bridgehead atoms. The zero-order valence-corrected chi connectivity index (χ0v) is 34.4. The van der Waals surface area contributed by atoms with Crippen molar-refractivity contribution in [2.45, 2.75) is 35.5 Å². The predicted octanol–water partition coefficient (Wildman–Crippen LogP) is -7.88. The van der Waals surface area contributed by atoms with Crippen LogP contribution in [0.15, 0.2) is 51.1 Å². The second kappa shape index (κ2) is 16.4. The van der Waals surface area contributed by atoms with E-state index in [9.17, 15) is 38.9 Å². The van der Waals surface area contributed by atoms with E-state index >= 15 is 0 Å². The molecule has 0 N–H and O–H groups in total. The van der Waals surface area contributed by atoms with Crippen LogP contribution in [0.1, 0.15) is 16.7 Å². The molecule has 3 rings (SSSR count). The molecule has 0 fully saturated rings. The molecule has 0 aliphatic carbocycles. The first-order valence-electron chi connectivity index (χ1n) is 11.1. The smallest absolute Gasteiger partial charge is 0.744 e. The molecule has 0 aliphatic heterocycles. The summed E-state index contributed by atoms with van der Waals surface area (Å²) >= 11 is 0. The molecule has 3 aromatic rings. The van der Waals surface area contributed by atoms with Crippen LogP contribution in [0.2, 0.25) is 0 Å². The van der Waals surface area contributed by atoms with Crippen LogP contribution in [-0.2, 0) is 30.4 Å². The summed E-state index contributed by atoms with van der Waals surface area (Å²) < 4.78 is 125. The normalized spacial score (nSPS) is 11.6. The molecule has 12 nitrogen and oxygen atoms in total. The Morgan fingerprint density at radius 3 is 0.860 bits per heavy atom. The quantitative estimate of drug-likeness (QED) is 0.116. The van der Waals surface area contributed by atoms with Crippen molar-refractivity contribution < 1.29 is 142 Å². The minimum Gasteiger partial charge on any atom is -0.744 e. The molecule has 0 radical (unpaired) electrons. The van der Waals surface area contributed by atoms with Crippen LogP contribution in [0.25, 0.3) is 0 Å².